The van der Waals surface area contributed by atoms with Gasteiger partial charge < -0.3 is 28.9 Å². The second-order valence-corrected chi connectivity index (χ2v) is 17.8. The molecule has 0 saturated heterocycles. The maximum atomic E-state index is 12.9. The fourth-order valence-corrected chi connectivity index (χ4v) is 11.1. The van der Waals surface area contributed by atoms with Gasteiger partial charge in [-0.2, -0.15) is 0 Å². The summed E-state index contributed by atoms with van der Waals surface area (Å²) in [6, 6.07) is 0. The molecule has 3 fully saturated rings. The van der Waals surface area contributed by atoms with Gasteiger partial charge in [0.2, 0.25) is 0 Å². The molecular weight excluding hydrogens is 634 g/mol. The molecule has 0 aliphatic heterocycles. The molecule has 4 aliphatic rings. The van der Waals surface area contributed by atoms with Gasteiger partial charge >= 0.3 is 17.9 Å². The van der Waals surface area contributed by atoms with Crippen LogP contribution in [0.4, 0.5) is 0 Å². The summed E-state index contributed by atoms with van der Waals surface area (Å²) in [7, 11) is 1.84. The zero-order valence-electron chi connectivity index (χ0n) is 32.4. The molecule has 0 heterocycles. The predicted octanol–water partition coefficient (Wildman–Crippen LogP) is 6.63. The Morgan fingerprint density at radius 1 is 0.940 bits per heavy atom. The van der Waals surface area contributed by atoms with Crippen LogP contribution in [0, 0.1) is 46.3 Å². The molecule has 286 valence electrons. The smallest absolute Gasteiger partial charge is 0.306 e. The lowest BCUT2D eigenvalue weighted by Crippen LogP contribution is -2.53. The van der Waals surface area contributed by atoms with Crippen LogP contribution in [-0.4, -0.2) is 91.3 Å². The number of ether oxygens (including phenoxy) is 3. The Bertz CT molecular complexity index is 1180. The Balaban J connectivity index is 1.26. The van der Waals surface area contributed by atoms with Gasteiger partial charge in [-0.1, -0.05) is 65.5 Å². The molecule has 4 aliphatic carbocycles. The molecule has 4 rings (SSSR count). The van der Waals surface area contributed by atoms with Crippen LogP contribution in [0.15, 0.2) is 11.6 Å². The number of hydrogen-bond acceptors (Lipinski definition) is 8. The van der Waals surface area contributed by atoms with Crippen molar-refractivity contribution in [1.82, 2.24) is 0 Å². The van der Waals surface area contributed by atoms with E-state index in [0.717, 1.165) is 55.3 Å². The Hall–Kier alpha value is -1.97. The van der Waals surface area contributed by atoms with Crippen LogP contribution in [0.1, 0.15) is 125 Å². The van der Waals surface area contributed by atoms with Crippen LogP contribution in [0.2, 0.25) is 0 Å². The summed E-state index contributed by atoms with van der Waals surface area (Å²) in [6.45, 7) is 14.3. The third-order valence-electron chi connectivity index (χ3n) is 13.8. The zero-order chi connectivity index (χ0) is 36.7. The number of allylic oxidation sites excluding steroid dienone is 1. The number of rotatable bonds is 18. The van der Waals surface area contributed by atoms with Crippen LogP contribution >= 0.6 is 0 Å². The van der Waals surface area contributed by atoms with Gasteiger partial charge in [0.1, 0.15) is 32.3 Å². The van der Waals surface area contributed by atoms with Crippen LogP contribution in [0.3, 0.4) is 0 Å². The number of hydrogen-bond donors (Lipinski definition) is 2. The Morgan fingerprint density at radius 3 is 2.30 bits per heavy atom. The molecular formula is C41H70NO8+. The summed E-state index contributed by atoms with van der Waals surface area (Å²) in [4.78, 5) is 37.1. The molecule has 0 aromatic rings. The van der Waals surface area contributed by atoms with E-state index in [2.05, 4.69) is 40.7 Å². The lowest BCUT2D eigenvalue weighted by Gasteiger charge is -2.58. The number of aliphatic hydroxyl groups is 2. The normalized spacial score (nSPS) is 31.9. The van der Waals surface area contributed by atoms with E-state index in [-0.39, 0.29) is 61.2 Å². The first-order valence-electron chi connectivity index (χ1n) is 19.9. The number of likely N-dealkylation sites (N-methyl/N-ethyl adjacent to an activating group) is 1. The van der Waals surface area contributed by atoms with Crippen molar-refractivity contribution in [3.05, 3.63) is 11.6 Å². The summed E-state index contributed by atoms with van der Waals surface area (Å²) in [5.74, 6) is 3.30. The van der Waals surface area contributed by atoms with Gasteiger partial charge in [0.05, 0.1) is 33.1 Å². The third-order valence-corrected chi connectivity index (χ3v) is 13.8. The Labute approximate surface area is 302 Å². The van der Waals surface area contributed by atoms with Crippen molar-refractivity contribution >= 4 is 17.9 Å². The van der Waals surface area contributed by atoms with E-state index in [1.165, 1.54) is 57.4 Å². The number of carbonyl (C=O) groups excluding carboxylic acids is 3. The van der Waals surface area contributed by atoms with E-state index in [4.69, 9.17) is 14.2 Å². The van der Waals surface area contributed by atoms with E-state index in [1.54, 1.807) is 0 Å². The lowest BCUT2D eigenvalue weighted by molar-refractivity contribution is -0.912. The SMILES string of the molecule is CC(=O)O[C@H](COC(=O)CCC(=O)O[C@H]1CC[C@@]2(C)C(=CC[C@H]3[C@@H]4CC[C@H]([C@H](C)CCCC(C)C)[C@@]4(C)CC[C@@H]32)C1)C[N+](C)(CCO)CCO. The molecule has 0 aromatic carbocycles. The molecule has 9 nitrogen and oxygen atoms in total. The number of nitrogens with zero attached hydrogens (tertiary/aromatic N) is 1. The van der Waals surface area contributed by atoms with Gasteiger partial charge in [0, 0.05) is 13.3 Å². The van der Waals surface area contributed by atoms with Crippen LogP contribution in [-0.2, 0) is 28.6 Å². The molecule has 0 bridgehead atoms. The first-order valence-corrected chi connectivity index (χ1v) is 19.9. The van der Waals surface area contributed by atoms with E-state index in [0.29, 0.717) is 24.4 Å². The maximum Gasteiger partial charge on any atom is 0.306 e. The summed E-state index contributed by atoms with van der Waals surface area (Å²) in [5.41, 5.74) is 2.13. The van der Waals surface area contributed by atoms with Crippen molar-refractivity contribution in [2.24, 2.45) is 46.3 Å². The van der Waals surface area contributed by atoms with Gasteiger partial charge in [-0.25, -0.2) is 0 Å². The summed E-state index contributed by atoms with van der Waals surface area (Å²) in [5, 5.41) is 18.9. The fourth-order valence-electron chi connectivity index (χ4n) is 11.1. The zero-order valence-corrected chi connectivity index (χ0v) is 32.4. The minimum Gasteiger partial charge on any atom is -0.462 e. The van der Waals surface area contributed by atoms with Crippen molar-refractivity contribution in [2.45, 2.75) is 137 Å². The highest BCUT2D eigenvalue weighted by molar-refractivity contribution is 5.77. The van der Waals surface area contributed by atoms with Crippen molar-refractivity contribution in [3.8, 4) is 0 Å². The van der Waals surface area contributed by atoms with Crippen LogP contribution in [0.5, 0.6) is 0 Å². The summed E-state index contributed by atoms with van der Waals surface area (Å²) >= 11 is 0. The minimum atomic E-state index is -0.734. The highest BCUT2D eigenvalue weighted by atomic mass is 16.6. The first kappa shape index (κ1) is 40.8. The van der Waals surface area contributed by atoms with Crippen molar-refractivity contribution in [2.75, 3.05) is 46.5 Å². The number of esters is 3. The molecule has 0 radical (unpaired) electrons. The monoisotopic (exact) mass is 705 g/mol. The largest absolute Gasteiger partial charge is 0.462 e. The van der Waals surface area contributed by atoms with E-state index < -0.39 is 18.0 Å². The van der Waals surface area contributed by atoms with Gasteiger partial charge in [0.25, 0.3) is 0 Å². The molecule has 3 saturated carbocycles. The van der Waals surface area contributed by atoms with Crippen molar-refractivity contribution < 1.29 is 43.3 Å². The molecule has 0 amide bonds. The molecule has 2 N–H and O–H groups in total. The van der Waals surface area contributed by atoms with Crippen LogP contribution < -0.4 is 0 Å². The number of carbonyl (C=O) groups is 3. The number of fused-ring (bicyclic) bond motifs is 5. The quantitative estimate of drug-likeness (QED) is 0.0707. The number of quaternary nitrogens is 1. The van der Waals surface area contributed by atoms with E-state index in [1.807, 2.05) is 7.05 Å². The number of aliphatic hydroxyl groups excluding tert-OH is 2. The van der Waals surface area contributed by atoms with E-state index in [9.17, 15) is 24.6 Å². The summed E-state index contributed by atoms with van der Waals surface area (Å²) in [6.07, 6.45) is 14.8. The van der Waals surface area contributed by atoms with Gasteiger partial charge in [-0.15, -0.1) is 0 Å². The first-order chi connectivity index (χ1) is 23.6. The highest BCUT2D eigenvalue weighted by Crippen LogP contribution is 2.67. The van der Waals surface area contributed by atoms with Crippen molar-refractivity contribution in [1.29, 1.82) is 0 Å². The highest BCUT2D eigenvalue weighted by Gasteiger charge is 2.59. The average Bonchev–Trinajstić information content (AvgIpc) is 3.40. The molecule has 0 aromatic heterocycles. The summed E-state index contributed by atoms with van der Waals surface area (Å²) < 4.78 is 17.0. The minimum absolute atomic E-state index is 0.0608. The Kier molecular flexibility index (Phi) is 14.4. The fraction of sp³-hybridized carbons (Fsp3) is 0.878. The molecule has 9 atom stereocenters. The van der Waals surface area contributed by atoms with Gasteiger partial charge in [-0.3, -0.25) is 14.4 Å². The molecule has 0 unspecified atom stereocenters. The average molecular weight is 705 g/mol. The predicted molar refractivity (Wildman–Crippen MR) is 194 cm³/mol. The molecule has 50 heavy (non-hydrogen) atoms. The topological polar surface area (TPSA) is 119 Å². The van der Waals surface area contributed by atoms with Gasteiger partial charge in [-0.05, 0) is 91.3 Å². The Morgan fingerprint density at radius 2 is 1.64 bits per heavy atom. The van der Waals surface area contributed by atoms with Crippen molar-refractivity contribution in [3.63, 3.8) is 0 Å². The molecule has 0 spiro atoms. The lowest BCUT2D eigenvalue weighted by atomic mass is 9.47. The van der Waals surface area contributed by atoms with E-state index >= 15 is 0 Å². The standard InChI is InChI=1S/C41H70NO8/c1-28(2)9-8-10-29(3)35-13-14-36-34-12-11-31-25-32(17-19-40(31,5)37(34)18-20-41(35,36)6)50-39(47)16-15-38(46)48-27-33(49-30(4)45)26-42(7,21-23-43)22-24-44/h11,28-29,32-37,43-44H,8-10,12-27H2,1-7H3/q+1/t29-,32+,33+,34+,35-,36+,37+,40+,41-/m1/s1. The third kappa shape index (κ3) is 9.91. The molecule has 9 heteroatoms. The second-order valence-electron chi connectivity index (χ2n) is 17.8. The van der Waals surface area contributed by atoms with Crippen LogP contribution in [0.25, 0.3) is 0 Å². The second kappa shape index (κ2) is 17.7. The maximum absolute atomic E-state index is 12.9. The van der Waals surface area contributed by atoms with Gasteiger partial charge in [0.15, 0.2) is 6.10 Å².